The Balaban J connectivity index is 0.000000548. The lowest BCUT2D eigenvalue weighted by atomic mass is 10.2. The Bertz CT molecular complexity index is 1230. The molecule has 0 aliphatic carbocycles. The van der Waals surface area contributed by atoms with Crippen LogP contribution in [0.3, 0.4) is 0 Å². The van der Waals surface area contributed by atoms with Gasteiger partial charge in [-0.15, -0.1) is 0 Å². The standard InChI is InChI=1S/C14H15N5O6S.C5H9NO4/c1-8-15-12(18-14(16-8)25-3)17-13(21)19-26(22,23)10-7-5-4-6-9(10)11(20)24-2;1-3(2)6(10)4(7)5(8)9/h4-7H,1-3H3,(H2,15,16,17,18,19,21);3,10H,1-2H3,(H,8,9). The van der Waals surface area contributed by atoms with Gasteiger partial charge in [0.05, 0.1) is 25.8 Å². The topological polar surface area (TPSA) is 227 Å². The molecule has 0 aliphatic heterocycles. The van der Waals surface area contributed by atoms with Gasteiger partial charge in [0, 0.05) is 0 Å². The fourth-order valence-corrected chi connectivity index (χ4v) is 3.32. The second-order valence-corrected chi connectivity index (χ2v) is 8.44. The molecule has 0 atom stereocenters. The van der Waals surface area contributed by atoms with Gasteiger partial charge >= 0.3 is 29.9 Å². The predicted molar refractivity (Wildman–Crippen MR) is 120 cm³/mol. The summed E-state index contributed by atoms with van der Waals surface area (Å²) in [4.78, 5) is 55.0. The number of aliphatic carboxylic acids is 1. The first-order chi connectivity index (χ1) is 16.7. The van der Waals surface area contributed by atoms with Crippen LogP contribution in [0.1, 0.15) is 30.0 Å². The zero-order valence-corrected chi connectivity index (χ0v) is 20.6. The minimum Gasteiger partial charge on any atom is -0.474 e. The van der Waals surface area contributed by atoms with Crippen LogP contribution in [-0.4, -0.2) is 82.9 Å². The molecule has 0 bridgehead atoms. The zero-order valence-electron chi connectivity index (χ0n) is 19.7. The Labute approximate surface area is 205 Å². The molecule has 2 rings (SSSR count). The number of sulfonamides is 1. The first-order valence-electron chi connectivity index (χ1n) is 9.76. The Morgan fingerprint density at radius 1 is 1.06 bits per heavy atom. The Morgan fingerprint density at radius 2 is 1.67 bits per heavy atom. The van der Waals surface area contributed by atoms with Crippen molar-refractivity contribution < 1.29 is 47.4 Å². The van der Waals surface area contributed by atoms with Crippen LogP contribution >= 0.6 is 0 Å². The number of benzene rings is 1. The molecule has 0 fully saturated rings. The van der Waals surface area contributed by atoms with E-state index >= 15 is 0 Å². The van der Waals surface area contributed by atoms with Crippen molar-refractivity contribution in [3.05, 3.63) is 35.7 Å². The Kier molecular flexibility index (Phi) is 10.6. The van der Waals surface area contributed by atoms with E-state index in [-0.39, 0.29) is 28.4 Å². The van der Waals surface area contributed by atoms with Gasteiger partial charge in [-0.05, 0) is 32.9 Å². The SMILES string of the molecule is CC(C)N(O)C(=O)C(=O)O.COC(=O)c1ccccc1S(=O)(=O)NC(=O)Nc1nc(C)nc(OC)n1. The van der Waals surface area contributed by atoms with Crippen LogP contribution < -0.4 is 14.8 Å². The van der Waals surface area contributed by atoms with E-state index in [1.54, 1.807) is 4.72 Å². The normalized spacial score (nSPS) is 10.4. The number of esters is 1. The number of aromatic nitrogens is 3. The van der Waals surface area contributed by atoms with Crippen molar-refractivity contribution in [2.75, 3.05) is 19.5 Å². The number of hydrogen-bond acceptors (Lipinski definition) is 12. The Hall–Kier alpha value is -4.38. The van der Waals surface area contributed by atoms with E-state index in [9.17, 15) is 27.6 Å². The summed E-state index contributed by atoms with van der Waals surface area (Å²) in [6, 6.07) is 3.61. The minimum atomic E-state index is -4.36. The molecule has 196 valence electrons. The molecule has 0 spiro atoms. The second-order valence-electron chi connectivity index (χ2n) is 6.79. The number of hydrogen-bond donors (Lipinski definition) is 4. The molecule has 0 radical (unpaired) electrons. The molecule has 16 nitrogen and oxygen atoms in total. The summed E-state index contributed by atoms with van der Waals surface area (Å²) < 4.78 is 36.0. The number of carbonyl (C=O) groups is 4. The number of carboxylic acid groups (broad SMARTS) is 1. The van der Waals surface area contributed by atoms with Crippen molar-refractivity contribution in [3.8, 4) is 6.01 Å². The molecule has 17 heteroatoms. The molecular formula is C19H24N6O10S. The Morgan fingerprint density at radius 3 is 2.17 bits per heavy atom. The third-order valence-corrected chi connectivity index (χ3v) is 5.21. The maximum atomic E-state index is 12.4. The van der Waals surface area contributed by atoms with Crippen LogP contribution in [0.5, 0.6) is 6.01 Å². The van der Waals surface area contributed by atoms with Crippen molar-refractivity contribution in [1.29, 1.82) is 0 Å². The van der Waals surface area contributed by atoms with Crippen LogP contribution in [0.4, 0.5) is 10.7 Å². The van der Waals surface area contributed by atoms with Crippen molar-refractivity contribution in [2.45, 2.75) is 31.7 Å². The summed E-state index contributed by atoms with van der Waals surface area (Å²) in [6.45, 7) is 4.54. The molecule has 0 aliphatic rings. The maximum Gasteiger partial charge on any atom is 0.396 e. The molecule has 0 saturated heterocycles. The van der Waals surface area contributed by atoms with Gasteiger partial charge in [-0.3, -0.25) is 15.3 Å². The number of carboxylic acids is 1. The van der Waals surface area contributed by atoms with Gasteiger partial charge in [-0.2, -0.15) is 15.0 Å². The number of methoxy groups -OCH3 is 2. The monoisotopic (exact) mass is 528 g/mol. The zero-order chi connectivity index (χ0) is 27.6. The number of carbonyl (C=O) groups excluding carboxylic acids is 3. The third kappa shape index (κ3) is 8.44. The predicted octanol–water partition coefficient (Wildman–Crippen LogP) is 0.183. The molecule has 1 aromatic heterocycles. The van der Waals surface area contributed by atoms with E-state index in [0.717, 1.165) is 13.2 Å². The van der Waals surface area contributed by atoms with Gasteiger partial charge in [0.2, 0.25) is 5.95 Å². The first-order valence-corrected chi connectivity index (χ1v) is 11.2. The quantitative estimate of drug-likeness (QED) is 0.170. The van der Waals surface area contributed by atoms with Gasteiger partial charge in [0.15, 0.2) is 0 Å². The van der Waals surface area contributed by atoms with Gasteiger partial charge < -0.3 is 14.6 Å². The number of nitrogens with one attached hydrogen (secondary N) is 2. The average molecular weight is 529 g/mol. The number of ether oxygens (including phenoxy) is 2. The summed E-state index contributed by atoms with van der Waals surface area (Å²) in [6.07, 6.45) is 0. The van der Waals surface area contributed by atoms with Crippen LogP contribution in [0, 0.1) is 6.92 Å². The number of hydroxylamine groups is 2. The fourth-order valence-electron chi connectivity index (χ4n) is 2.22. The lowest BCUT2D eigenvalue weighted by Crippen LogP contribution is -2.38. The lowest BCUT2D eigenvalue weighted by Gasteiger charge is -2.15. The van der Waals surface area contributed by atoms with E-state index in [0.29, 0.717) is 0 Å². The van der Waals surface area contributed by atoms with Gasteiger partial charge in [-0.25, -0.2) is 32.6 Å². The van der Waals surface area contributed by atoms with Crippen LogP contribution in [0.25, 0.3) is 0 Å². The number of urea groups is 1. The third-order valence-electron chi connectivity index (χ3n) is 3.82. The number of nitrogens with zero attached hydrogens (tertiary/aromatic N) is 4. The van der Waals surface area contributed by atoms with E-state index in [1.807, 2.05) is 0 Å². The van der Waals surface area contributed by atoms with Crippen molar-refractivity contribution in [1.82, 2.24) is 24.7 Å². The molecular weight excluding hydrogens is 504 g/mol. The van der Waals surface area contributed by atoms with E-state index < -0.39 is 44.8 Å². The smallest absolute Gasteiger partial charge is 0.396 e. The van der Waals surface area contributed by atoms with Crippen molar-refractivity contribution >= 4 is 39.8 Å². The number of anilines is 1. The molecule has 3 amide bonds. The summed E-state index contributed by atoms with van der Waals surface area (Å²) in [5.74, 6) is -3.77. The highest BCUT2D eigenvalue weighted by Crippen LogP contribution is 2.16. The minimum absolute atomic E-state index is 0.0494. The van der Waals surface area contributed by atoms with Crippen LogP contribution in [0.2, 0.25) is 0 Å². The molecule has 1 aromatic carbocycles. The largest absolute Gasteiger partial charge is 0.474 e. The summed E-state index contributed by atoms with van der Waals surface area (Å²) in [5.41, 5.74) is -0.215. The van der Waals surface area contributed by atoms with E-state index in [2.05, 4.69) is 25.0 Å². The fraction of sp³-hybridized carbons (Fsp3) is 0.316. The maximum absolute atomic E-state index is 12.4. The molecule has 2 aromatic rings. The van der Waals surface area contributed by atoms with Gasteiger partial charge in [0.1, 0.15) is 10.7 Å². The summed E-state index contributed by atoms with van der Waals surface area (Å²) in [5, 5.41) is 19.0. The van der Waals surface area contributed by atoms with Crippen LogP contribution in [0.15, 0.2) is 29.2 Å². The second kappa shape index (κ2) is 12.9. The number of aryl methyl sites for hydroxylation is 1. The van der Waals surface area contributed by atoms with E-state index in [1.165, 1.54) is 46.1 Å². The highest BCUT2D eigenvalue weighted by atomic mass is 32.2. The highest BCUT2D eigenvalue weighted by molar-refractivity contribution is 7.90. The lowest BCUT2D eigenvalue weighted by molar-refractivity contribution is -0.183. The molecule has 4 N–H and O–H groups in total. The molecule has 0 unspecified atom stereocenters. The number of amides is 3. The number of rotatable bonds is 6. The molecule has 36 heavy (non-hydrogen) atoms. The van der Waals surface area contributed by atoms with Crippen molar-refractivity contribution in [2.24, 2.45) is 0 Å². The molecule has 1 heterocycles. The van der Waals surface area contributed by atoms with Crippen molar-refractivity contribution in [3.63, 3.8) is 0 Å². The highest BCUT2D eigenvalue weighted by Gasteiger charge is 2.25. The van der Waals surface area contributed by atoms with E-state index in [4.69, 9.17) is 15.1 Å². The average Bonchev–Trinajstić information content (AvgIpc) is 2.81. The molecule has 0 saturated carbocycles. The first kappa shape index (κ1) is 29.7. The summed E-state index contributed by atoms with van der Waals surface area (Å²) in [7, 11) is -1.92. The van der Waals surface area contributed by atoms with Crippen LogP contribution in [-0.2, 0) is 24.3 Å². The van der Waals surface area contributed by atoms with Gasteiger partial charge in [-0.1, -0.05) is 12.1 Å². The van der Waals surface area contributed by atoms with Gasteiger partial charge in [0.25, 0.3) is 10.0 Å². The summed E-state index contributed by atoms with van der Waals surface area (Å²) >= 11 is 0.